The van der Waals surface area contributed by atoms with Gasteiger partial charge < -0.3 is 0 Å². The van der Waals surface area contributed by atoms with Crippen LogP contribution in [0.2, 0.25) is 0 Å². The Morgan fingerprint density at radius 3 is 2.33 bits per heavy atom. The molecule has 0 bridgehead atoms. The molecule has 0 aromatic rings. The second-order valence-corrected chi connectivity index (χ2v) is 2.96. The second-order valence-electron chi connectivity index (χ2n) is 2.96. The van der Waals surface area contributed by atoms with E-state index in [0.29, 0.717) is 6.61 Å². The first-order chi connectivity index (χ1) is 4.04. The topological polar surface area (TPSA) is 29.5 Å². The van der Waals surface area contributed by atoms with Gasteiger partial charge >= 0.3 is 0 Å². The van der Waals surface area contributed by atoms with Gasteiger partial charge in [0.15, 0.2) is 0 Å². The van der Waals surface area contributed by atoms with E-state index in [9.17, 15) is 4.79 Å². The maximum atomic E-state index is 11.0. The maximum Gasteiger partial charge on any atom is 0.253 e. The predicted octanol–water partition coefficient (Wildman–Crippen LogP) is 0.416. The fraction of sp³-hybridized carbons (Fsp3) is 0.833. The van der Waals surface area contributed by atoms with E-state index >= 15 is 0 Å². The van der Waals surface area contributed by atoms with Crippen LogP contribution in [-0.2, 0) is 9.63 Å². The van der Waals surface area contributed by atoms with Gasteiger partial charge in [-0.05, 0) is 13.8 Å². The van der Waals surface area contributed by atoms with Crippen molar-refractivity contribution in [3.05, 3.63) is 0 Å². The van der Waals surface area contributed by atoms with Crippen molar-refractivity contribution >= 4 is 5.91 Å². The van der Waals surface area contributed by atoms with Crippen LogP contribution in [-0.4, -0.2) is 24.6 Å². The Morgan fingerprint density at radius 1 is 1.67 bits per heavy atom. The molecule has 0 aromatic carbocycles. The standard InChI is InChI=1S/C6H11NO2/c1-6(2)4-9-7(3)5(6)8/h4H2,1-3H3. The summed E-state index contributed by atoms with van der Waals surface area (Å²) in [5.74, 6) is 0.0579. The highest BCUT2D eigenvalue weighted by molar-refractivity contribution is 5.82. The molecule has 1 aliphatic heterocycles. The highest BCUT2D eigenvalue weighted by atomic mass is 16.7. The lowest BCUT2D eigenvalue weighted by Crippen LogP contribution is -2.27. The molecule has 3 heteroatoms. The molecule has 1 fully saturated rings. The summed E-state index contributed by atoms with van der Waals surface area (Å²) in [6.07, 6.45) is 0. The summed E-state index contributed by atoms with van der Waals surface area (Å²) in [6.45, 7) is 4.25. The van der Waals surface area contributed by atoms with Crippen LogP contribution in [0.3, 0.4) is 0 Å². The summed E-state index contributed by atoms with van der Waals surface area (Å²) in [6, 6.07) is 0. The van der Waals surface area contributed by atoms with E-state index in [2.05, 4.69) is 0 Å². The van der Waals surface area contributed by atoms with Gasteiger partial charge in [0.2, 0.25) is 0 Å². The molecule has 1 saturated heterocycles. The van der Waals surface area contributed by atoms with Gasteiger partial charge in [-0.3, -0.25) is 9.63 Å². The van der Waals surface area contributed by atoms with Gasteiger partial charge in [-0.2, -0.15) is 0 Å². The third kappa shape index (κ3) is 0.920. The van der Waals surface area contributed by atoms with Gasteiger partial charge in [-0.25, -0.2) is 5.06 Å². The minimum Gasteiger partial charge on any atom is -0.272 e. The van der Waals surface area contributed by atoms with E-state index in [4.69, 9.17) is 4.84 Å². The molecule has 0 unspecified atom stereocenters. The molecule has 0 N–H and O–H groups in total. The molecular weight excluding hydrogens is 118 g/mol. The zero-order chi connectivity index (χ0) is 7.07. The average Bonchev–Trinajstić information content (AvgIpc) is 1.97. The first kappa shape index (κ1) is 6.55. The fourth-order valence-electron chi connectivity index (χ4n) is 0.805. The molecule has 1 amide bonds. The summed E-state index contributed by atoms with van der Waals surface area (Å²) >= 11 is 0. The van der Waals surface area contributed by atoms with Crippen molar-refractivity contribution in [3.63, 3.8) is 0 Å². The zero-order valence-electron chi connectivity index (χ0n) is 5.97. The second kappa shape index (κ2) is 1.70. The number of nitrogens with zero attached hydrogens (tertiary/aromatic N) is 1. The first-order valence-electron chi connectivity index (χ1n) is 2.95. The number of hydrogen-bond acceptors (Lipinski definition) is 2. The van der Waals surface area contributed by atoms with Crippen LogP contribution in [0.15, 0.2) is 0 Å². The van der Waals surface area contributed by atoms with E-state index in [1.165, 1.54) is 5.06 Å². The lowest BCUT2D eigenvalue weighted by atomic mass is 9.95. The van der Waals surface area contributed by atoms with E-state index in [1.807, 2.05) is 13.8 Å². The van der Waals surface area contributed by atoms with Crippen LogP contribution in [0, 0.1) is 5.41 Å². The van der Waals surface area contributed by atoms with Crippen LogP contribution in [0.5, 0.6) is 0 Å². The smallest absolute Gasteiger partial charge is 0.253 e. The van der Waals surface area contributed by atoms with Crippen molar-refractivity contribution in [2.45, 2.75) is 13.8 Å². The number of amides is 1. The van der Waals surface area contributed by atoms with Gasteiger partial charge in [0, 0.05) is 7.05 Å². The van der Waals surface area contributed by atoms with Crippen LogP contribution in [0.25, 0.3) is 0 Å². The molecule has 3 nitrogen and oxygen atoms in total. The van der Waals surface area contributed by atoms with Gasteiger partial charge in [0.25, 0.3) is 5.91 Å². The summed E-state index contributed by atoms with van der Waals surface area (Å²) in [5.41, 5.74) is -0.311. The Morgan fingerprint density at radius 2 is 2.22 bits per heavy atom. The Hall–Kier alpha value is -0.570. The summed E-state index contributed by atoms with van der Waals surface area (Å²) < 4.78 is 0. The van der Waals surface area contributed by atoms with Crippen molar-refractivity contribution < 1.29 is 9.63 Å². The van der Waals surface area contributed by atoms with E-state index < -0.39 is 0 Å². The van der Waals surface area contributed by atoms with Gasteiger partial charge in [-0.15, -0.1) is 0 Å². The monoisotopic (exact) mass is 129 g/mol. The number of carbonyl (C=O) groups excluding carboxylic acids is 1. The average molecular weight is 129 g/mol. The van der Waals surface area contributed by atoms with E-state index in [1.54, 1.807) is 7.05 Å². The molecule has 52 valence electrons. The number of rotatable bonds is 0. The Bertz CT molecular complexity index is 142. The Kier molecular flexibility index (Phi) is 1.24. The molecule has 0 saturated carbocycles. The summed E-state index contributed by atoms with van der Waals surface area (Å²) in [7, 11) is 1.64. The molecule has 1 rings (SSSR count). The molecule has 0 radical (unpaired) electrons. The minimum atomic E-state index is -0.311. The Balaban J connectivity index is 2.74. The number of hydrogen-bond donors (Lipinski definition) is 0. The molecule has 1 heterocycles. The first-order valence-corrected chi connectivity index (χ1v) is 2.95. The van der Waals surface area contributed by atoms with Crippen LogP contribution >= 0.6 is 0 Å². The third-order valence-electron chi connectivity index (χ3n) is 1.48. The van der Waals surface area contributed by atoms with Crippen LogP contribution in [0.1, 0.15) is 13.8 Å². The normalized spacial score (nSPS) is 25.2. The number of hydroxylamine groups is 2. The van der Waals surface area contributed by atoms with E-state index in [-0.39, 0.29) is 11.3 Å². The summed E-state index contributed by atoms with van der Waals surface area (Å²) in [5, 5.41) is 1.29. The van der Waals surface area contributed by atoms with E-state index in [0.717, 1.165) is 0 Å². The van der Waals surface area contributed by atoms with Crippen molar-refractivity contribution in [1.82, 2.24) is 5.06 Å². The van der Waals surface area contributed by atoms with Gasteiger partial charge in [0.1, 0.15) is 0 Å². The van der Waals surface area contributed by atoms with Gasteiger partial charge in [-0.1, -0.05) is 0 Å². The quantitative estimate of drug-likeness (QED) is 0.474. The van der Waals surface area contributed by atoms with Crippen molar-refractivity contribution in [2.75, 3.05) is 13.7 Å². The maximum absolute atomic E-state index is 11.0. The van der Waals surface area contributed by atoms with Crippen LogP contribution < -0.4 is 0 Å². The van der Waals surface area contributed by atoms with Crippen molar-refractivity contribution in [2.24, 2.45) is 5.41 Å². The lowest BCUT2D eigenvalue weighted by molar-refractivity contribution is -0.155. The highest BCUT2D eigenvalue weighted by Gasteiger charge is 2.38. The lowest BCUT2D eigenvalue weighted by Gasteiger charge is -2.10. The molecule has 0 atom stereocenters. The molecule has 9 heavy (non-hydrogen) atoms. The SMILES string of the molecule is CN1OCC(C)(C)C1=O. The van der Waals surface area contributed by atoms with Crippen molar-refractivity contribution in [3.8, 4) is 0 Å². The molecule has 0 spiro atoms. The van der Waals surface area contributed by atoms with Crippen molar-refractivity contribution in [1.29, 1.82) is 0 Å². The molecule has 1 aliphatic rings. The molecular formula is C6H11NO2. The summed E-state index contributed by atoms with van der Waals surface area (Å²) in [4.78, 5) is 16.0. The number of carbonyl (C=O) groups is 1. The Labute approximate surface area is 54.5 Å². The zero-order valence-corrected chi connectivity index (χ0v) is 5.97. The van der Waals surface area contributed by atoms with Gasteiger partial charge in [0.05, 0.1) is 12.0 Å². The minimum absolute atomic E-state index is 0.0579. The fourth-order valence-corrected chi connectivity index (χ4v) is 0.805. The molecule has 0 aliphatic carbocycles. The predicted molar refractivity (Wildman–Crippen MR) is 32.5 cm³/mol. The largest absolute Gasteiger partial charge is 0.272 e. The third-order valence-corrected chi connectivity index (χ3v) is 1.48. The van der Waals surface area contributed by atoms with Crippen LogP contribution in [0.4, 0.5) is 0 Å². The highest BCUT2D eigenvalue weighted by Crippen LogP contribution is 2.24. The molecule has 0 aromatic heterocycles.